The Hall–Kier alpha value is -1.62. The molecule has 1 saturated heterocycles. The minimum Gasteiger partial charge on any atom is -0.357 e. The Kier molecular flexibility index (Phi) is 6.07. The molecule has 1 aliphatic heterocycles. The van der Waals surface area contributed by atoms with Gasteiger partial charge in [-0.05, 0) is 62.8 Å². The van der Waals surface area contributed by atoms with Crippen molar-refractivity contribution in [1.29, 1.82) is 0 Å². The van der Waals surface area contributed by atoms with E-state index >= 15 is 0 Å². The molecular formula is C19H29FN4. The van der Waals surface area contributed by atoms with Gasteiger partial charge in [-0.1, -0.05) is 12.1 Å². The van der Waals surface area contributed by atoms with Crippen LogP contribution in [0.2, 0.25) is 0 Å². The summed E-state index contributed by atoms with van der Waals surface area (Å²) in [5.74, 6) is 1.39. The molecule has 5 heteroatoms. The lowest BCUT2D eigenvalue weighted by Crippen LogP contribution is -2.38. The van der Waals surface area contributed by atoms with Gasteiger partial charge in [0.05, 0.1) is 0 Å². The summed E-state index contributed by atoms with van der Waals surface area (Å²) in [5, 5.41) is 6.66. The highest BCUT2D eigenvalue weighted by atomic mass is 19.1. The molecule has 1 aromatic rings. The summed E-state index contributed by atoms with van der Waals surface area (Å²) < 4.78 is 13.2. The first-order chi connectivity index (χ1) is 11.7. The second-order valence-corrected chi connectivity index (χ2v) is 6.91. The van der Waals surface area contributed by atoms with Crippen molar-refractivity contribution in [3.05, 3.63) is 35.6 Å². The van der Waals surface area contributed by atoms with Gasteiger partial charge in [-0.2, -0.15) is 0 Å². The number of likely N-dealkylation sites (tertiary alicyclic amines) is 1. The second kappa shape index (κ2) is 8.47. The molecular weight excluding hydrogens is 303 g/mol. The highest BCUT2D eigenvalue weighted by Gasteiger charge is 2.34. The van der Waals surface area contributed by atoms with E-state index in [1.165, 1.54) is 38.4 Å². The van der Waals surface area contributed by atoms with Crippen molar-refractivity contribution < 1.29 is 4.39 Å². The standard InChI is InChI=1S/C19H29FN4/c1-2-21-19(22-10-8-15-4-3-5-17(20)12-15)23-13-16-9-11-24(14-16)18-6-7-18/h3-5,12,16,18H,2,6-11,13-14H2,1H3,(H2,21,22,23). The fourth-order valence-electron chi connectivity index (χ4n) is 3.36. The van der Waals surface area contributed by atoms with Gasteiger partial charge < -0.3 is 15.5 Å². The van der Waals surface area contributed by atoms with Gasteiger partial charge in [0.25, 0.3) is 0 Å². The van der Waals surface area contributed by atoms with E-state index in [1.54, 1.807) is 12.1 Å². The zero-order chi connectivity index (χ0) is 16.8. The van der Waals surface area contributed by atoms with Crippen LogP contribution < -0.4 is 10.6 Å². The van der Waals surface area contributed by atoms with Crippen LogP contribution in [0.5, 0.6) is 0 Å². The lowest BCUT2D eigenvalue weighted by molar-refractivity contribution is 0.315. The van der Waals surface area contributed by atoms with Crippen LogP contribution in [0.4, 0.5) is 4.39 Å². The van der Waals surface area contributed by atoms with E-state index in [4.69, 9.17) is 4.99 Å². The van der Waals surface area contributed by atoms with Gasteiger partial charge >= 0.3 is 0 Å². The molecule has 1 atom stereocenters. The summed E-state index contributed by atoms with van der Waals surface area (Å²) >= 11 is 0. The first kappa shape index (κ1) is 17.2. The first-order valence-corrected chi connectivity index (χ1v) is 9.25. The number of nitrogens with one attached hydrogen (secondary N) is 2. The molecule has 2 aliphatic rings. The summed E-state index contributed by atoms with van der Waals surface area (Å²) in [6, 6.07) is 7.66. The van der Waals surface area contributed by atoms with Crippen LogP contribution in [0.25, 0.3) is 0 Å². The molecule has 1 saturated carbocycles. The van der Waals surface area contributed by atoms with E-state index in [1.807, 2.05) is 6.07 Å². The van der Waals surface area contributed by atoms with E-state index in [-0.39, 0.29) is 5.82 Å². The van der Waals surface area contributed by atoms with Gasteiger partial charge in [0.15, 0.2) is 5.96 Å². The third kappa shape index (κ3) is 5.20. The summed E-state index contributed by atoms with van der Waals surface area (Å²) in [7, 11) is 0. The largest absolute Gasteiger partial charge is 0.357 e. The van der Waals surface area contributed by atoms with Crippen LogP contribution in [0.15, 0.2) is 29.3 Å². The van der Waals surface area contributed by atoms with Crippen molar-refractivity contribution in [2.24, 2.45) is 10.9 Å². The van der Waals surface area contributed by atoms with Crippen molar-refractivity contribution in [2.45, 2.75) is 38.6 Å². The Morgan fingerprint density at radius 3 is 2.92 bits per heavy atom. The highest BCUT2D eigenvalue weighted by molar-refractivity contribution is 5.79. The molecule has 1 aromatic carbocycles. The van der Waals surface area contributed by atoms with E-state index in [0.717, 1.165) is 43.6 Å². The lowest BCUT2D eigenvalue weighted by Gasteiger charge is -2.15. The number of guanidine groups is 1. The number of nitrogens with zero attached hydrogens (tertiary/aromatic N) is 2. The molecule has 3 rings (SSSR count). The van der Waals surface area contributed by atoms with Gasteiger partial charge in [-0.15, -0.1) is 0 Å². The first-order valence-electron chi connectivity index (χ1n) is 9.25. The van der Waals surface area contributed by atoms with Gasteiger partial charge in [0, 0.05) is 32.2 Å². The highest BCUT2D eigenvalue weighted by Crippen LogP contribution is 2.31. The molecule has 2 N–H and O–H groups in total. The van der Waals surface area contributed by atoms with Gasteiger partial charge in [0.2, 0.25) is 0 Å². The maximum Gasteiger partial charge on any atom is 0.191 e. The summed E-state index contributed by atoms with van der Waals surface area (Å²) in [4.78, 5) is 7.38. The SMILES string of the molecule is CCNC(=NCC1CCN(C2CC2)C1)NCCc1cccc(F)c1. The van der Waals surface area contributed by atoms with Crippen LogP contribution in [0.1, 0.15) is 31.7 Å². The van der Waals surface area contributed by atoms with Crippen molar-refractivity contribution in [3.8, 4) is 0 Å². The molecule has 1 unspecified atom stereocenters. The zero-order valence-electron chi connectivity index (χ0n) is 14.6. The number of rotatable bonds is 7. The predicted octanol–water partition coefficient (Wildman–Crippen LogP) is 2.41. The Morgan fingerprint density at radius 1 is 1.29 bits per heavy atom. The van der Waals surface area contributed by atoms with Crippen molar-refractivity contribution in [3.63, 3.8) is 0 Å². The summed E-state index contributed by atoms with van der Waals surface area (Å²) in [5.41, 5.74) is 1.01. The van der Waals surface area contributed by atoms with Crippen LogP contribution >= 0.6 is 0 Å². The zero-order valence-corrected chi connectivity index (χ0v) is 14.6. The maximum absolute atomic E-state index is 13.2. The van der Waals surface area contributed by atoms with E-state index in [0.29, 0.717) is 5.92 Å². The summed E-state index contributed by atoms with van der Waals surface area (Å²) in [6.45, 7) is 7.02. The van der Waals surface area contributed by atoms with Gasteiger partial charge in [-0.25, -0.2) is 4.39 Å². The second-order valence-electron chi connectivity index (χ2n) is 6.91. The predicted molar refractivity (Wildman–Crippen MR) is 96.8 cm³/mol. The number of hydrogen-bond acceptors (Lipinski definition) is 2. The number of hydrogen-bond donors (Lipinski definition) is 2. The Morgan fingerprint density at radius 2 is 2.17 bits per heavy atom. The molecule has 0 amide bonds. The maximum atomic E-state index is 13.2. The van der Waals surface area contributed by atoms with E-state index in [9.17, 15) is 4.39 Å². The number of benzene rings is 1. The minimum absolute atomic E-state index is 0.172. The topological polar surface area (TPSA) is 39.7 Å². The molecule has 1 heterocycles. The third-order valence-corrected chi connectivity index (χ3v) is 4.83. The third-order valence-electron chi connectivity index (χ3n) is 4.83. The Balaban J connectivity index is 1.43. The molecule has 24 heavy (non-hydrogen) atoms. The Labute approximate surface area is 144 Å². The minimum atomic E-state index is -0.172. The molecule has 0 bridgehead atoms. The average molecular weight is 332 g/mol. The van der Waals surface area contributed by atoms with E-state index < -0.39 is 0 Å². The van der Waals surface area contributed by atoms with Crippen LogP contribution in [-0.4, -0.2) is 49.6 Å². The van der Waals surface area contributed by atoms with E-state index in [2.05, 4.69) is 22.5 Å². The average Bonchev–Trinajstić information content (AvgIpc) is 3.31. The molecule has 132 valence electrons. The van der Waals surface area contributed by atoms with Gasteiger partial charge in [0.1, 0.15) is 5.82 Å². The van der Waals surface area contributed by atoms with Crippen molar-refractivity contribution in [2.75, 3.05) is 32.7 Å². The van der Waals surface area contributed by atoms with Crippen LogP contribution in [-0.2, 0) is 6.42 Å². The fourth-order valence-corrected chi connectivity index (χ4v) is 3.36. The molecule has 4 nitrogen and oxygen atoms in total. The number of aliphatic imine (C=N–C) groups is 1. The van der Waals surface area contributed by atoms with Gasteiger partial charge in [-0.3, -0.25) is 4.99 Å². The van der Waals surface area contributed by atoms with Crippen molar-refractivity contribution in [1.82, 2.24) is 15.5 Å². The molecule has 1 aliphatic carbocycles. The molecule has 0 aromatic heterocycles. The molecule has 0 radical (unpaired) electrons. The smallest absolute Gasteiger partial charge is 0.191 e. The van der Waals surface area contributed by atoms with Crippen molar-refractivity contribution >= 4 is 5.96 Å². The van der Waals surface area contributed by atoms with Crippen LogP contribution in [0, 0.1) is 11.7 Å². The normalized spacial score (nSPS) is 21.9. The molecule has 0 spiro atoms. The monoisotopic (exact) mass is 332 g/mol. The summed E-state index contributed by atoms with van der Waals surface area (Å²) in [6.07, 6.45) is 4.84. The Bertz CT molecular complexity index is 556. The quantitative estimate of drug-likeness (QED) is 0.595. The lowest BCUT2D eigenvalue weighted by atomic mass is 10.1. The number of halogens is 1. The molecule has 2 fully saturated rings. The van der Waals surface area contributed by atoms with Crippen LogP contribution in [0.3, 0.4) is 0 Å². The fraction of sp³-hybridized carbons (Fsp3) is 0.632.